The lowest BCUT2D eigenvalue weighted by molar-refractivity contribution is -0.385. The van der Waals surface area contributed by atoms with Crippen LogP contribution in [0.3, 0.4) is 0 Å². The molecular weight excluding hydrogens is 258 g/mol. The van der Waals surface area contributed by atoms with Gasteiger partial charge in [0.15, 0.2) is 0 Å². The average molecular weight is 268 g/mol. The van der Waals surface area contributed by atoms with Crippen LogP contribution >= 0.6 is 0 Å². The number of hydrogen-bond donors (Lipinski definition) is 2. The maximum Gasteiger partial charge on any atom is 0.427 e. The third-order valence-corrected chi connectivity index (χ3v) is 2.25. The van der Waals surface area contributed by atoms with E-state index in [9.17, 15) is 31.1 Å². The van der Waals surface area contributed by atoms with E-state index in [2.05, 4.69) is 0 Å². The van der Waals surface area contributed by atoms with Crippen LogP contribution < -0.4 is 0 Å². The van der Waals surface area contributed by atoms with E-state index in [1.165, 1.54) is 0 Å². The Hall–Kier alpha value is -0.990. The SMILES string of the molecule is CC(C)C(C(=O)O)C(O)(C(F)(F)F)C(F)(F)F. The molecule has 17 heavy (non-hydrogen) atoms. The van der Waals surface area contributed by atoms with Gasteiger partial charge in [0, 0.05) is 0 Å². The van der Waals surface area contributed by atoms with Crippen LogP contribution in [0.15, 0.2) is 0 Å². The number of carbonyl (C=O) groups is 1. The number of halogens is 6. The van der Waals surface area contributed by atoms with Gasteiger partial charge in [-0.2, -0.15) is 26.3 Å². The van der Waals surface area contributed by atoms with Crippen molar-refractivity contribution in [3.05, 3.63) is 0 Å². The highest BCUT2D eigenvalue weighted by Gasteiger charge is 2.75. The van der Waals surface area contributed by atoms with Crippen LogP contribution in [0.25, 0.3) is 0 Å². The van der Waals surface area contributed by atoms with Crippen LogP contribution in [0.2, 0.25) is 0 Å². The fourth-order valence-electron chi connectivity index (χ4n) is 1.46. The molecule has 0 rings (SSSR count). The van der Waals surface area contributed by atoms with Crippen molar-refractivity contribution < 1.29 is 41.4 Å². The highest BCUT2D eigenvalue weighted by molar-refractivity contribution is 5.72. The lowest BCUT2D eigenvalue weighted by atomic mass is 9.78. The minimum Gasteiger partial charge on any atom is -0.481 e. The lowest BCUT2D eigenvalue weighted by Crippen LogP contribution is -2.64. The summed E-state index contributed by atoms with van der Waals surface area (Å²) in [5.41, 5.74) is -5.26. The van der Waals surface area contributed by atoms with Gasteiger partial charge in [-0.15, -0.1) is 0 Å². The number of alkyl halides is 6. The van der Waals surface area contributed by atoms with E-state index < -0.39 is 35.8 Å². The second-order valence-electron chi connectivity index (χ2n) is 3.82. The maximum absolute atomic E-state index is 12.3. The summed E-state index contributed by atoms with van der Waals surface area (Å²) < 4.78 is 74.0. The van der Waals surface area contributed by atoms with Gasteiger partial charge in [0.1, 0.15) is 5.92 Å². The third-order valence-electron chi connectivity index (χ3n) is 2.25. The van der Waals surface area contributed by atoms with Gasteiger partial charge in [0.25, 0.3) is 5.60 Å². The molecule has 0 fully saturated rings. The molecule has 0 aromatic carbocycles. The van der Waals surface area contributed by atoms with E-state index in [-0.39, 0.29) is 0 Å². The van der Waals surface area contributed by atoms with Gasteiger partial charge >= 0.3 is 18.3 Å². The predicted octanol–water partition coefficient (Wildman–Crippen LogP) is 2.20. The van der Waals surface area contributed by atoms with Crippen LogP contribution in [-0.2, 0) is 4.79 Å². The van der Waals surface area contributed by atoms with Gasteiger partial charge in [0.05, 0.1) is 0 Å². The highest BCUT2D eigenvalue weighted by Crippen LogP contribution is 2.49. The molecule has 2 N–H and O–H groups in total. The summed E-state index contributed by atoms with van der Waals surface area (Å²) in [6.45, 7) is 1.70. The zero-order chi connectivity index (χ0) is 14.2. The van der Waals surface area contributed by atoms with E-state index in [0.29, 0.717) is 0 Å². The van der Waals surface area contributed by atoms with Crippen LogP contribution in [0, 0.1) is 11.8 Å². The molecule has 1 unspecified atom stereocenters. The topological polar surface area (TPSA) is 57.5 Å². The van der Waals surface area contributed by atoms with Crippen molar-refractivity contribution in [3.8, 4) is 0 Å². The first-order valence-corrected chi connectivity index (χ1v) is 4.35. The van der Waals surface area contributed by atoms with Crippen molar-refractivity contribution in [3.63, 3.8) is 0 Å². The molecule has 0 aromatic heterocycles. The fraction of sp³-hybridized carbons (Fsp3) is 0.875. The second-order valence-corrected chi connectivity index (χ2v) is 3.82. The smallest absolute Gasteiger partial charge is 0.427 e. The zero-order valence-corrected chi connectivity index (χ0v) is 8.73. The monoisotopic (exact) mass is 268 g/mol. The van der Waals surface area contributed by atoms with Crippen molar-refractivity contribution in [2.24, 2.45) is 11.8 Å². The van der Waals surface area contributed by atoms with E-state index in [0.717, 1.165) is 13.8 Å². The van der Waals surface area contributed by atoms with E-state index >= 15 is 0 Å². The molecule has 0 bridgehead atoms. The van der Waals surface area contributed by atoms with Crippen molar-refractivity contribution in [2.75, 3.05) is 0 Å². The highest BCUT2D eigenvalue weighted by atomic mass is 19.4. The molecule has 1 atom stereocenters. The molecule has 0 amide bonds. The quantitative estimate of drug-likeness (QED) is 0.771. The second kappa shape index (κ2) is 4.35. The van der Waals surface area contributed by atoms with E-state index in [1.54, 1.807) is 0 Å². The Balaban J connectivity index is 5.87. The van der Waals surface area contributed by atoms with Crippen LogP contribution in [0.4, 0.5) is 26.3 Å². The largest absolute Gasteiger partial charge is 0.481 e. The molecule has 0 saturated carbocycles. The predicted molar refractivity (Wildman–Crippen MR) is 43.0 cm³/mol. The maximum atomic E-state index is 12.3. The summed E-state index contributed by atoms with van der Waals surface area (Å²) in [6.07, 6.45) is -12.3. The van der Waals surface area contributed by atoms with Gasteiger partial charge in [-0.3, -0.25) is 4.79 Å². The number of carboxylic acid groups (broad SMARTS) is 1. The summed E-state index contributed by atoms with van der Waals surface area (Å²) in [5.74, 6) is -6.94. The van der Waals surface area contributed by atoms with Gasteiger partial charge in [0.2, 0.25) is 0 Å². The first-order chi connectivity index (χ1) is 7.26. The van der Waals surface area contributed by atoms with Gasteiger partial charge < -0.3 is 10.2 Å². The molecule has 0 saturated heterocycles. The number of rotatable bonds is 3. The Bertz CT molecular complexity index is 279. The molecule has 102 valence electrons. The minimum absolute atomic E-state index is 0.848. The third kappa shape index (κ3) is 2.64. The summed E-state index contributed by atoms with van der Waals surface area (Å²) in [5, 5.41) is 17.3. The Kier molecular flexibility index (Phi) is 4.10. The van der Waals surface area contributed by atoms with Gasteiger partial charge in [-0.1, -0.05) is 13.8 Å². The van der Waals surface area contributed by atoms with Crippen molar-refractivity contribution >= 4 is 5.97 Å². The number of hydrogen-bond acceptors (Lipinski definition) is 2. The Labute approximate surface area is 92.0 Å². The Morgan fingerprint density at radius 2 is 1.29 bits per heavy atom. The normalized spacial score (nSPS) is 16.1. The molecule has 3 nitrogen and oxygen atoms in total. The molecule has 0 aliphatic carbocycles. The number of aliphatic hydroxyl groups is 1. The van der Waals surface area contributed by atoms with E-state index in [1.807, 2.05) is 0 Å². The van der Waals surface area contributed by atoms with Gasteiger partial charge in [-0.25, -0.2) is 0 Å². The van der Waals surface area contributed by atoms with Crippen molar-refractivity contribution in [2.45, 2.75) is 31.8 Å². The molecule has 0 radical (unpaired) electrons. The average Bonchev–Trinajstić information content (AvgIpc) is 1.97. The molecule has 0 aliphatic rings. The first-order valence-electron chi connectivity index (χ1n) is 4.35. The summed E-state index contributed by atoms with van der Waals surface area (Å²) in [7, 11) is 0. The number of carboxylic acids is 1. The Morgan fingerprint density at radius 1 is 1.00 bits per heavy atom. The van der Waals surface area contributed by atoms with E-state index in [4.69, 9.17) is 10.2 Å². The Morgan fingerprint density at radius 3 is 1.35 bits per heavy atom. The standard InChI is InChI=1S/C8H10F6O3/c1-3(2)4(5(15)16)6(17,7(9,10)11)8(12,13)14/h3-4,17H,1-2H3,(H,15,16). The van der Waals surface area contributed by atoms with Crippen LogP contribution in [0.1, 0.15) is 13.8 Å². The van der Waals surface area contributed by atoms with Crippen molar-refractivity contribution in [1.29, 1.82) is 0 Å². The summed E-state index contributed by atoms with van der Waals surface area (Å²) in [4.78, 5) is 10.5. The lowest BCUT2D eigenvalue weighted by Gasteiger charge is -2.38. The molecular formula is C8H10F6O3. The summed E-state index contributed by atoms with van der Waals surface area (Å²) in [6, 6.07) is 0. The van der Waals surface area contributed by atoms with Crippen LogP contribution in [-0.4, -0.2) is 34.1 Å². The number of aliphatic carboxylic acids is 1. The van der Waals surface area contributed by atoms with Crippen LogP contribution in [0.5, 0.6) is 0 Å². The molecule has 0 spiro atoms. The summed E-state index contributed by atoms with van der Waals surface area (Å²) >= 11 is 0. The minimum atomic E-state index is -6.13. The van der Waals surface area contributed by atoms with Crippen molar-refractivity contribution in [1.82, 2.24) is 0 Å². The van der Waals surface area contributed by atoms with Gasteiger partial charge in [-0.05, 0) is 5.92 Å². The molecule has 0 aromatic rings. The molecule has 0 aliphatic heterocycles. The first kappa shape index (κ1) is 16.0. The fourth-order valence-corrected chi connectivity index (χ4v) is 1.46. The molecule has 9 heteroatoms. The molecule has 0 heterocycles. The zero-order valence-electron chi connectivity index (χ0n) is 8.73.